The molecule has 1 atom stereocenters. The molecule has 1 heterocycles. The lowest BCUT2D eigenvalue weighted by Crippen LogP contribution is -2.32. The van der Waals surface area contributed by atoms with Crippen molar-refractivity contribution in [1.82, 2.24) is 4.90 Å². The van der Waals surface area contributed by atoms with Crippen molar-refractivity contribution in [2.24, 2.45) is 0 Å². The molecule has 1 rings (SSSR count). The van der Waals surface area contributed by atoms with Crippen molar-refractivity contribution in [2.45, 2.75) is 38.6 Å². The van der Waals surface area contributed by atoms with E-state index in [9.17, 15) is 9.59 Å². The van der Waals surface area contributed by atoms with Gasteiger partial charge in [0.25, 0.3) is 0 Å². The number of carbonyl (C=O) groups excluding carboxylic acids is 1. The van der Waals surface area contributed by atoms with E-state index in [0.29, 0.717) is 25.4 Å². The maximum absolute atomic E-state index is 11.2. The van der Waals surface area contributed by atoms with Gasteiger partial charge in [0.05, 0.1) is 0 Å². The Kier molecular flexibility index (Phi) is 3.28. The first-order chi connectivity index (χ1) is 6.11. The fourth-order valence-corrected chi connectivity index (χ4v) is 1.62. The maximum atomic E-state index is 11.2. The summed E-state index contributed by atoms with van der Waals surface area (Å²) in [5.41, 5.74) is 0. The number of hydrogen-bond donors (Lipinski definition) is 1. The number of carbonyl (C=O) groups is 2. The van der Waals surface area contributed by atoms with Crippen molar-refractivity contribution in [1.29, 1.82) is 0 Å². The van der Waals surface area contributed by atoms with Crippen LogP contribution >= 0.6 is 0 Å². The van der Waals surface area contributed by atoms with Gasteiger partial charge in [0.1, 0.15) is 0 Å². The molecule has 0 saturated carbocycles. The molecule has 0 aliphatic carbocycles. The van der Waals surface area contributed by atoms with E-state index >= 15 is 0 Å². The van der Waals surface area contributed by atoms with Gasteiger partial charge in [-0.1, -0.05) is 0 Å². The Bertz CT molecular complexity index is 215. The van der Waals surface area contributed by atoms with Crippen LogP contribution < -0.4 is 0 Å². The van der Waals surface area contributed by atoms with Gasteiger partial charge in [-0.15, -0.1) is 0 Å². The minimum Gasteiger partial charge on any atom is -0.481 e. The molecule has 0 bridgehead atoms. The summed E-state index contributed by atoms with van der Waals surface area (Å²) < 4.78 is 0. The zero-order valence-electron chi connectivity index (χ0n) is 7.82. The first-order valence-corrected chi connectivity index (χ1v) is 4.62. The molecule has 4 heteroatoms. The second-order valence-electron chi connectivity index (χ2n) is 3.47. The summed E-state index contributed by atoms with van der Waals surface area (Å²) in [6.45, 7) is 2.60. The van der Waals surface area contributed by atoms with E-state index < -0.39 is 5.97 Å². The maximum Gasteiger partial charge on any atom is 0.303 e. The molecule has 0 aromatic heterocycles. The highest BCUT2D eigenvalue weighted by molar-refractivity contribution is 5.78. The number of amides is 1. The van der Waals surface area contributed by atoms with Crippen molar-refractivity contribution in [3.63, 3.8) is 0 Å². The van der Waals surface area contributed by atoms with Gasteiger partial charge in [0, 0.05) is 25.4 Å². The average molecular weight is 185 g/mol. The summed E-state index contributed by atoms with van der Waals surface area (Å²) in [4.78, 5) is 23.3. The smallest absolute Gasteiger partial charge is 0.303 e. The van der Waals surface area contributed by atoms with Crippen molar-refractivity contribution < 1.29 is 14.7 Å². The molecule has 13 heavy (non-hydrogen) atoms. The van der Waals surface area contributed by atoms with Crippen molar-refractivity contribution >= 4 is 11.9 Å². The summed E-state index contributed by atoms with van der Waals surface area (Å²) in [5.74, 6) is -0.628. The number of nitrogens with zero attached hydrogens (tertiary/aromatic N) is 1. The molecule has 1 N–H and O–H groups in total. The Balaban J connectivity index is 2.27. The van der Waals surface area contributed by atoms with Crippen LogP contribution in [0, 0.1) is 0 Å². The van der Waals surface area contributed by atoms with E-state index in [1.165, 1.54) is 0 Å². The van der Waals surface area contributed by atoms with Crippen LogP contribution in [-0.4, -0.2) is 34.5 Å². The van der Waals surface area contributed by atoms with E-state index in [4.69, 9.17) is 5.11 Å². The number of hydrogen-bond acceptors (Lipinski definition) is 2. The highest BCUT2D eigenvalue weighted by Crippen LogP contribution is 2.18. The monoisotopic (exact) mass is 185 g/mol. The topological polar surface area (TPSA) is 57.6 Å². The average Bonchev–Trinajstić information content (AvgIpc) is 2.34. The van der Waals surface area contributed by atoms with Gasteiger partial charge in [-0.25, -0.2) is 0 Å². The van der Waals surface area contributed by atoms with Crippen LogP contribution in [0.4, 0.5) is 0 Å². The molecular formula is C9H15NO3. The molecule has 1 saturated heterocycles. The molecule has 0 radical (unpaired) electrons. The SMILES string of the molecule is CC1CCC(=O)N1CCCC(=O)O. The van der Waals surface area contributed by atoms with E-state index in [1.807, 2.05) is 6.92 Å². The van der Waals surface area contributed by atoms with Gasteiger partial charge in [0.2, 0.25) is 5.91 Å². The van der Waals surface area contributed by atoms with Gasteiger partial charge in [0.15, 0.2) is 0 Å². The first-order valence-electron chi connectivity index (χ1n) is 4.62. The Morgan fingerprint density at radius 2 is 2.38 bits per heavy atom. The third-order valence-corrected chi connectivity index (χ3v) is 2.42. The molecule has 0 aromatic carbocycles. The van der Waals surface area contributed by atoms with Crippen LogP contribution in [-0.2, 0) is 9.59 Å². The van der Waals surface area contributed by atoms with E-state index in [0.717, 1.165) is 6.42 Å². The minimum atomic E-state index is -0.792. The summed E-state index contributed by atoms with van der Waals surface area (Å²) in [7, 11) is 0. The Hall–Kier alpha value is -1.06. The van der Waals surface area contributed by atoms with Gasteiger partial charge in [-0.05, 0) is 19.8 Å². The quantitative estimate of drug-likeness (QED) is 0.706. The Labute approximate surface area is 77.5 Å². The largest absolute Gasteiger partial charge is 0.481 e. The summed E-state index contributed by atoms with van der Waals surface area (Å²) in [5, 5.41) is 8.42. The van der Waals surface area contributed by atoms with E-state index in [-0.39, 0.29) is 12.3 Å². The van der Waals surface area contributed by atoms with Crippen LogP contribution in [0.5, 0.6) is 0 Å². The molecule has 4 nitrogen and oxygen atoms in total. The fourth-order valence-electron chi connectivity index (χ4n) is 1.62. The third kappa shape index (κ3) is 2.72. The summed E-state index contributed by atoms with van der Waals surface area (Å²) in [6.07, 6.45) is 2.24. The van der Waals surface area contributed by atoms with Crippen molar-refractivity contribution in [3.05, 3.63) is 0 Å². The standard InChI is InChI=1S/C9H15NO3/c1-7-4-5-8(11)10(7)6-2-3-9(12)13/h7H,2-6H2,1H3,(H,12,13). The molecule has 1 amide bonds. The first kappa shape index (κ1) is 10.0. The highest BCUT2D eigenvalue weighted by Gasteiger charge is 2.26. The molecule has 1 fully saturated rings. The van der Waals surface area contributed by atoms with Gasteiger partial charge >= 0.3 is 5.97 Å². The molecule has 74 valence electrons. The minimum absolute atomic E-state index is 0.149. The van der Waals surface area contributed by atoms with E-state index in [2.05, 4.69) is 0 Å². The van der Waals surface area contributed by atoms with Crippen LogP contribution in [0.3, 0.4) is 0 Å². The van der Waals surface area contributed by atoms with Gasteiger partial charge in [-0.3, -0.25) is 9.59 Å². The number of aliphatic carboxylic acids is 1. The normalized spacial score (nSPS) is 22.4. The number of rotatable bonds is 4. The van der Waals surface area contributed by atoms with Crippen molar-refractivity contribution in [2.75, 3.05) is 6.54 Å². The second-order valence-corrected chi connectivity index (χ2v) is 3.47. The lowest BCUT2D eigenvalue weighted by Gasteiger charge is -2.20. The molecule has 1 aliphatic heterocycles. The van der Waals surface area contributed by atoms with Crippen LogP contribution in [0.2, 0.25) is 0 Å². The Morgan fingerprint density at radius 1 is 1.69 bits per heavy atom. The lowest BCUT2D eigenvalue weighted by atomic mass is 10.2. The number of likely N-dealkylation sites (tertiary alicyclic amines) is 1. The van der Waals surface area contributed by atoms with Crippen LogP contribution in [0.1, 0.15) is 32.6 Å². The highest BCUT2D eigenvalue weighted by atomic mass is 16.4. The zero-order valence-corrected chi connectivity index (χ0v) is 7.82. The molecule has 0 spiro atoms. The van der Waals surface area contributed by atoms with Gasteiger partial charge < -0.3 is 10.0 Å². The third-order valence-electron chi connectivity index (χ3n) is 2.42. The fraction of sp³-hybridized carbons (Fsp3) is 0.778. The predicted molar refractivity (Wildman–Crippen MR) is 47.3 cm³/mol. The van der Waals surface area contributed by atoms with Crippen LogP contribution in [0.25, 0.3) is 0 Å². The second kappa shape index (κ2) is 4.25. The Morgan fingerprint density at radius 3 is 2.85 bits per heavy atom. The van der Waals surface area contributed by atoms with Gasteiger partial charge in [-0.2, -0.15) is 0 Å². The molecular weight excluding hydrogens is 170 g/mol. The van der Waals surface area contributed by atoms with Crippen LogP contribution in [0.15, 0.2) is 0 Å². The summed E-state index contributed by atoms with van der Waals surface area (Å²) in [6, 6.07) is 0.293. The van der Waals surface area contributed by atoms with E-state index in [1.54, 1.807) is 4.90 Å². The number of carboxylic acids is 1. The number of carboxylic acid groups (broad SMARTS) is 1. The lowest BCUT2D eigenvalue weighted by molar-refractivity contribution is -0.138. The zero-order chi connectivity index (χ0) is 9.84. The summed E-state index contributed by atoms with van der Waals surface area (Å²) >= 11 is 0. The van der Waals surface area contributed by atoms with Crippen molar-refractivity contribution in [3.8, 4) is 0 Å². The molecule has 0 aromatic rings. The molecule has 1 unspecified atom stereocenters. The predicted octanol–water partition coefficient (Wildman–Crippen LogP) is 0.862. The molecule has 1 aliphatic rings.